The van der Waals surface area contributed by atoms with Crippen molar-refractivity contribution < 1.29 is 14.3 Å². The molecule has 1 aromatic carbocycles. The van der Waals surface area contributed by atoms with Gasteiger partial charge in [0, 0.05) is 35.9 Å². The molecule has 2 aromatic heterocycles. The van der Waals surface area contributed by atoms with E-state index in [4.69, 9.17) is 16.3 Å². The third kappa shape index (κ3) is 4.59. The van der Waals surface area contributed by atoms with E-state index in [9.17, 15) is 9.59 Å². The SMILES string of the molecule is COc1cc(NC(=O)c2ccnc(Cl)c2)ccc1NC(=O)c1cccnc1. The fourth-order valence-corrected chi connectivity index (χ4v) is 2.48. The minimum absolute atomic E-state index is 0.230. The number of benzene rings is 1. The first-order valence-electron chi connectivity index (χ1n) is 7.89. The normalized spacial score (nSPS) is 10.1. The largest absolute Gasteiger partial charge is 0.494 e. The van der Waals surface area contributed by atoms with Gasteiger partial charge in [-0.15, -0.1) is 0 Å². The van der Waals surface area contributed by atoms with Crippen molar-refractivity contribution >= 4 is 34.8 Å². The highest BCUT2D eigenvalue weighted by Crippen LogP contribution is 2.28. The molecule has 0 aliphatic rings. The molecule has 3 aromatic rings. The number of aromatic nitrogens is 2. The summed E-state index contributed by atoms with van der Waals surface area (Å²) in [5, 5.41) is 5.73. The molecule has 0 atom stereocenters. The lowest BCUT2D eigenvalue weighted by molar-refractivity contribution is 0.101. The van der Waals surface area contributed by atoms with Crippen molar-refractivity contribution in [2.75, 3.05) is 17.7 Å². The van der Waals surface area contributed by atoms with Crippen LogP contribution in [0.25, 0.3) is 0 Å². The predicted molar refractivity (Wildman–Crippen MR) is 102 cm³/mol. The van der Waals surface area contributed by atoms with Crippen molar-refractivity contribution in [3.63, 3.8) is 0 Å². The lowest BCUT2D eigenvalue weighted by Crippen LogP contribution is -2.14. The molecule has 8 heteroatoms. The number of halogens is 1. The number of carbonyl (C=O) groups excluding carboxylic acids is 2. The minimum Gasteiger partial charge on any atom is -0.494 e. The molecule has 7 nitrogen and oxygen atoms in total. The Hall–Kier alpha value is -3.45. The predicted octanol–water partition coefficient (Wildman–Crippen LogP) is 3.64. The second-order valence-corrected chi connectivity index (χ2v) is 5.82. The lowest BCUT2D eigenvalue weighted by Gasteiger charge is -2.13. The zero-order chi connectivity index (χ0) is 19.2. The maximum absolute atomic E-state index is 12.3. The first-order valence-corrected chi connectivity index (χ1v) is 8.27. The molecular weight excluding hydrogens is 368 g/mol. The number of methoxy groups -OCH3 is 1. The number of rotatable bonds is 5. The molecule has 0 bridgehead atoms. The number of carbonyl (C=O) groups is 2. The average molecular weight is 383 g/mol. The van der Waals surface area contributed by atoms with Gasteiger partial charge in [0.2, 0.25) is 0 Å². The summed E-state index contributed by atoms with van der Waals surface area (Å²) < 4.78 is 5.32. The summed E-state index contributed by atoms with van der Waals surface area (Å²) >= 11 is 5.80. The van der Waals surface area contributed by atoms with E-state index in [1.165, 1.54) is 25.6 Å². The van der Waals surface area contributed by atoms with E-state index < -0.39 is 0 Å². The van der Waals surface area contributed by atoms with Crippen LogP contribution in [0.1, 0.15) is 20.7 Å². The maximum atomic E-state index is 12.3. The second kappa shape index (κ2) is 8.29. The van der Waals surface area contributed by atoms with Gasteiger partial charge >= 0.3 is 0 Å². The Morgan fingerprint density at radius 1 is 1.00 bits per heavy atom. The fourth-order valence-electron chi connectivity index (χ4n) is 2.31. The molecule has 0 radical (unpaired) electrons. The Labute approximate surface area is 160 Å². The van der Waals surface area contributed by atoms with E-state index in [0.717, 1.165) is 0 Å². The van der Waals surface area contributed by atoms with Gasteiger partial charge < -0.3 is 15.4 Å². The van der Waals surface area contributed by atoms with Crippen LogP contribution in [0.5, 0.6) is 5.75 Å². The van der Waals surface area contributed by atoms with Crippen LogP contribution in [0, 0.1) is 0 Å². The van der Waals surface area contributed by atoms with Crippen LogP contribution in [-0.4, -0.2) is 28.9 Å². The molecular formula is C19H15ClN4O3. The number of ether oxygens (including phenoxy) is 1. The molecule has 0 saturated heterocycles. The zero-order valence-corrected chi connectivity index (χ0v) is 15.0. The first-order chi connectivity index (χ1) is 13.1. The Morgan fingerprint density at radius 2 is 1.81 bits per heavy atom. The molecule has 136 valence electrons. The average Bonchev–Trinajstić information content (AvgIpc) is 2.69. The van der Waals surface area contributed by atoms with E-state index >= 15 is 0 Å². The van der Waals surface area contributed by atoms with Crippen LogP contribution < -0.4 is 15.4 Å². The van der Waals surface area contributed by atoms with Crippen LogP contribution in [0.4, 0.5) is 11.4 Å². The van der Waals surface area contributed by atoms with E-state index in [1.54, 1.807) is 42.6 Å². The fraction of sp³-hybridized carbons (Fsp3) is 0.0526. The van der Waals surface area contributed by atoms with Gasteiger partial charge in [-0.1, -0.05) is 11.6 Å². The molecule has 0 fully saturated rings. The van der Waals surface area contributed by atoms with Crippen LogP contribution in [0.15, 0.2) is 61.1 Å². The van der Waals surface area contributed by atoms with Crippen molar-refractivity contribution in [1.82, 2.24) is 9.97 Å². The van der Waals surface area contributed by atoms with Crippen LogP contribution in [-0.2, 0) is 0 Å². The van der Waals surface area contributed by atoms with Gasteiger partial charge in [-0.05, 0) is 36.4 Å². The van der Waals surface area contributed by atoms with Gasteiger partial charge in [0.1, 0.15) is 10.9 Å². The molecule has 27 heavy (non-hydrogen) atoms. The maximum Gasteiger partial charge on any atom is 0.257 e. The van der Waals surface area contributed by atoms with Gasteiger partial charge in [-0.3, -0.25) is 14.6 Å². The van der Waals surface area contributed by atoms with E-state index in [2.05, 4.69) is 20.6 Å². The Morgan fingerprint density at radius 3 is 2.52 bits per heavy atom. The summed E-state index contributed by atoms with van der Waals surface area (Å²) in [7, 11) is 1.48. The molecule has 0 aliphatic heterocycles. The van der Waals surface area contributed by atoms with Crippen molar-refractivity contribution in [1.29, 1.82) is 0 Å². The molecule has 2 amide bonds. The molecule has 3 rings (SSSR count). The summed E-state index contributed by atoms with van der Waals surface area (Å²) in [5.74, 6) is -0.254. The molecule has 0 aliphatic carbocycles. The summed E-state index contributed by atoms with van der Waals surface area (Å²) in [6.45, 7) is 0. The highest BCUT2D eigenvalue weighted by atomic mass is 35.5. The number of pyridine rings is 2. The van der Waals surface area contributed by atoms with E-state index in [-0.39, 0.29) is 17.0 Å². The van der Waals surface area contributed by atoms with E-state index in [1.807, 2.05) is 0 Å². The third-order valence-corrected chi connectivity index (χ3v) is 3.83. The smallest absolute Gasteiger partial charge is 0.257 e. The van der Waals surface area contributed by atoms with Crippen molar-refractivity contribution in [2.24, 2.45) is 0 Å². The number of amides is 2. The second-order valence-electron chi connectivity index (χ2n) is 5.43. The molecule has 0 unspecified atom stereocenters. The Balaban J connectivity index is 1.76. The van der Waals surface area contributed by atoms with Crippen molar-refractivity contribution in [3.8, 4) is 5.75 Å². The minimum atomic E-state index is -0.339. The highest BCUT2D eigenvalue weighted by Gasteiger charge is 2.12. The lowest BCUT2D eigenvalue weighted by atomic mass is 10.2. The topological polar surface area (TPSA) is 93.2 Å². The molecule has 2 N–H and O–H groups in total. The summed E-state index contributed by atoms with van der Waals surface area (Å²) in [6, 6.07) is 11.3. The molecule has 0 spiro atoms. The van der Waals surface area contributed by atoms with Crippen LogP contribution in [0.3, 0.4) is 0 Å². The number of hydrogen-bond donors (Lipinski definition) is 2. The van der Waals surface area contributed by atoms with Gasteiger partial charge in [0.05, 0.1) is 18.4 Å². The van der Waals surface area contributed by atoms with Gasteiger partial charge in [-0.2, -0.15) is 0 Å². The van der Waals surface area contributed by atoms with Crippen molar-refractivity contribution in [3.05, 3.63) is 77.3 Å². The Bertz CT molecular complexity index is 980. The number of anilines is 2. The number of hydrogen-bond acceptors (Lipinski definition) is 5. The zero-order valence-electron chi connectivity index (χ0n) is 14.3. The monoisotopic (exact) mass is 382 g/mol. The third-order valence-electron chi connectivity index (χ3n) is 3.62. The number of nitrogens with one attached hydrogen (secondary N) is 2. The highest BCUT2D eigenvalue weighted by molar-refractivity contribution is 6.29. The van der Waals surface area contributed by atoms with Crippen molar-refractivity contribution in [2.45, 2.75) is 0 Å². The summed E-state index contributed by atoms with van der Waals surface area (Å²) in [4.78, 5) is 32.3. The summed E-state index contributed by atoms with van der Waals surface area (Å²) in [6.07, 6.45) is 4.51. The first kappa shape index (κ1) is 18.3. The van der Waals surface area contributed by atoms with Crippen LogP contribution >= 0.6 is 11.6 Å². The standard InChI is InChI=1S/C19H15ClN4O3/c1-27-16-10-14(23-18(25)12-6-8-22-17(20)9-12)4-5-15(16)24-19(26)13-3-2-7-21-11-13/h2-11H,1H3,(H,23,25)(H,24,26). The van der Waals surface area contributed by atoms with Crippen LogP contribution in [0.2, 0.25) is 5.15 Å². The number of nitrogens with zero attached hydrogens (tertiary/aromatic N) is 2. The molecule has 0 saturated carbocycles. The Kier molecular flexibility index (Phi) is 5.63. The van der Waals surface area contributed by atoms with Gasteiger partial charge in [-0.25, -0.2) is 4.98 Å². The quantitative estimate of drug-likeness (QED) is 0.657. The van der Waals surface area contributed by atoms with Gasteiger partial charge in [0.25, 0.3) is 11.8 Å². The van der Waals surface area contributed by atoms with E-state index in [0.29, 0.717) is 28.3 Å². The molecule has 2 heterocycles. The summed E-state index contributed by atoms with van der Waals surface area (Å²) in [5.41, 5.74) is 1.77. The van der Waals surface area contributed by atoms with Gasteiger partial charge in [0.15, 0.2) is 0 Å².